The van der Waals surface area contributed by atoms with E-state index < -0.39 is 0 Å². The molecule has 0 saturated heterocycles. The first-order chi connectivity index (χ1) is 11.1. The van der Waals surface area contributed by atoms with Crippen molar-refractivity contribution in [2.75, 3.05) is 0 Å². The highest BCUT2D eigenvalue weighted by Crippen LogP contribution is 2.26. The van der Waals surface area contributed by atoms with Crippen LogP contribution in [-0.2, 0) is 6.54 Å². The second-order valence-electron chi connectivity index (χ2n) is 5.12. The molecule has 0 atom stereocenters. The fourth-order valence-corrected chi connectivity index (χ4v) is 3.98. The van der Waals surface area contributed by atoms with E-state index in [4.69, 9.17) is 4.42 Å². The number of hydrogen-bond donors (Lipinski definition) is 0. The molecule has 4 rings (SSSR count). The van der Waals surface area contributed by atoms with Crippen LogP contribution in [-0.4, -0.2) is 19.7 Å². The van der Waals surface area contributed by atoms with Gasteiger partial charge in [-0.3, -0.25) is 9.36 Å². The van der Waals surface area contributed by atoms with E-state index in [1.807, 2.05) is 31.4 Å². The number of aromatic nitrogens is 4. The van der Waals surface area contributed by atoms with Crippen LogP contribution in [0.2, 0.25) is 0 Å². The Labute approximate surface area is 139 Å². The number of fused-ring (bicyclic) bond motifs is 1. The third-order valence-electron chi connectivity index (χ3n) is 3.66. The van der Waals surface area contributed by atoms with Gasteiger partial charge in [-0.05, 0) is 30.9 Å². The summed E-state index contributed by atoms with van der Waals surface area (Å²) in [5.41, 5.74) is 0.911. The van der Waals surface area contributed by atoms with Crippen molar-refractivity contribution in [3.63, 3.8) is 0 Å². The minimum absolute atomic E-state index is 0.0762. The van der Waals surface area contributed by atoms with E-state index in [2.05, 4.69) is 15.2 Å². The Morgan fingerprint density at radius 3 is 2.96 bits per heavy atom. The van der Waals surface area contributed by atoms with Crippen molar-refractivity contribution in [2.24, 2.45) is 0 Å². The summed E-state index contributed by atoms with van der Waals surface area (Å²) in [6.45, 7) is 4.16. The van der Waals surface area contributed by atoms with E-state index in [9.17, 15) is 4.79 Å². The molecule has 0 unspecified atom stereocenters. The van der Waals surface area contributed by atoms with Crippen molar-refractivity contribution < 1.29 is 4.42 Å². The second-order valence-corrected chi connectivity index (χ2v) is 7.27. The van der Waals surface area contributed by atoms with E-state index >= 15 is 0 Å². The first-order valence-corrected chi connectivity index (χ1v) is 8.64. The zero-order valence-corrected chi connectivity index (χ0v) is 14.1. The van der Waals surface area contributed by atoms with Crippen molar-refractivity contribution in [3.8, 4) is 10.8 Å². The van der Waals surface area contributed by atoms with Crippen molar-refractivity contribution in [2.45, 2.75) is 20.4 Å². The summed E-state index contributed by atoms with van der Waals surface area (Å²) in [7, 11) is 0. The molecule has 0 bridgehead atoms. The molecule has 116 valence electrons. The molecule has 0 spiro atoms. The van der Waals surface area contributed by atoms with Crippen LogP contribution in [0.5, 0.6) is 0 Å². The normalized spacial score (nSPS) is 11.4. The van der Waals surface area contributed by atoms with Crippen molar-refractivity contribution in [1.29, 1.82) is 0 Å². The molecule has 4 aromatic heterocycles. The SMILES string of the molecule is Cc1sc2ncn(Cc3nnc(-c4cccs4)o3)c(=O)c2c1C. The van der Waals surface area contributed by atoms with Gasteiger partial charge in [0.1, 0.15) is 11.4 Å². The largest absolute Gasteiger partial charge is 0.418 e. The van der Waals surface area contributed by atoms with Gasteiger partial charge in [-0.15, -0.1) is 32.9 Å². The second kappa shape index (κ2) is 5.39. The van der Waals surface area contributed by atoms with Crippen LogP contribution in [0.4, 0.5) is 0 Å². The average Bonchev–Trinajstić information content (AvgIpc) is 3.24. The summed E-state index contributed by atoms with van der Waals surface area (Å²) in [6, 6.07) is 3.84. The van der Waals surface area contributed by atoms with Crippen molar-refractivity contribution in [1.82, 2.24) is 19.7 Å². The Balaban J connectivity index is 1.72. The van der Waals surface area contributed by atoms with Gasteiger partial charge in [-0.1, -0.05) is 6.07 Å². The molecule has 0 N–H and O–H groups in total. The molecule has 0 saturated carbocycles. The van der Waals surface area contributed by atoms with Crippen LogP contribution in [0.15, 0.2) is 33.1 Å². The summed E-state index contributed by atoms with van der Waals surface area (Å²) in [5, 5.41) is 10.7. The van der Waals surface area contributed by atoms with Crippen LogP contribution >= 0.6 is 22.7 Å². The zero-order chi connectivity index (χ0) is 16.0. The van der Waals surface area contributed by atoms with E-state index in [0.717, 1.165) is 20.1 Å². The molecule has 23 heavy (non-hydrogen) atoms. The van der Waals surface area contributed by atoms with E-state index in [0.29, 0.717) is 17.2 Å². The van der Waals surface area contributed by atoms with Gasteiger partial charge in [0.25, 0.3) is 11.4 Å². The predicted octanol–water partition coefficient (Wildman–Crippen LogP) is 3.23. The van der Waals surface area contributed by atoms with Crippen molar-refractivity contribution in [3.05, 3.63) is 50.5 Å². The summed E-state index contributed by atoms with van der Waals surface area (Å²) >= 11 is 3.07. The molecule has 0 fully saturated rings. The topological polar surface area (TPSA) is 73.8 Å². The fraction of sp³-hybridized carbons (Fsp3) is 0.200. The first-order valence-electron chi connectivity index (χ1n) is 6.95. The van der Waals surface area contributed by atoms with Crippen molar-refractivity contribution >= 4 is 32.9 Å². The van der Waals surface area contributed by atoms with Crippen LogP contribution in [0.3, 0.4) is 0 Å². The first kappa shape index (κ1) is 14.3. The maximum atomic E-state index is 12.6. The van der Waals surface area contributed by atoms with Crippen LogP contribution in [0.25, 0.3) is 21.0 Å². The molecule has 0 radical (unpaired) electrons. The number of rotatable bonds is 3. The van der Waals surface area contributed by atoms with Gasteiger partial charge >= 0.3 is 0 Å². The van der Waals surface area contributed by atoms with Gasteiger partial charge in [0.05, 0.1) is 16.6 Å². The number of thiophene rings is 2. The Hall–Kier alpha value is -2.32. The molecule has 4 aromatic rings. The third kappa shape index (κ3) is 2.40. The maximum Gasteiger partial charge on any atom is 0.262 e. The number of nitrogens with zero attached hydrogens (tertiary/aromatic N) is 4. The standard InChI is InChI=1S/C15H12N4O2S2/c1-8-9(2)23-14-12(8)15(20)19(7-16-14)6-11-17-18-13(21-11)10-4-3-5-22-10/h3-5,7H,6H2,1-2H3. The van der Waals surface area contributed by atoms with Gasteiger partial charge in [0.15, 0.2) is 0 Å². The summed E-state index contributed by atoms with van der Waals surface area (Å²) in [6.07, 6.45) is 1.54. The van der Waals surface area contributed by atoms with Gasteiger partial charge in [0.2, 0.25) is 5.89 Å². The minimum Gasteiger partial charge on any atom is -0.418 e. The summed E-state index contributed by atoms with van der Waals surface area (Å²) < 4.78 is 7.14. The molecular formula is C15H12N4O2S2. The Kier molecular flexibility index (Phi) is 3.35. The summed E-state index contributed by atoms with van der Waals surface area (Å²) in [5.74, 6) is 0.862. The lowest BCUT2D eigenvalue weighted by molar-refractivity contribution is 0.484. The highest BCUT2D eigenvalue weighted by Gasteiger charge is 2.14. The van der Waals surface area contributed by atoms with E-state index in [1.54, 1.807) is 0 Å². The third-order valence-corrected chi connectivity index (χ3v) is 5.63. The lowest BCUT2D eigenvalue weighted by Crippen LogP contribution is -2.21. The number of hydrogen-bond acceptors (Lipinski definition) is 7. The lowest BCUT2D eigenvalue weighted by atomic mass is 10.2. The molecule has 4 heterocycles. The molecule has 6 nitrogen and oxygen atoms in total. The van der Waals surface area contributed by atoms with Crippen LogP contribution in [0.1, 0.15) is 16.3 Å². The quantitative estimate of drug-likeness (QED) is 0.570. The molecular weight excluding hydrogens is 332 g/mol. The Morgan fingerprint density at radius 1 is 1.30 bits per heavy atom. The van der Waals surface area contributed by atoms with Gasteiger partial charge in [-0.25, -0.2) is 4.98 Å². The molecule has 0 amide bonds. The van der Waals surface area contributed by atoms with Crippen LogP contribution < -0.4 is 5.56 Å². The number of aryl methyl sites for hydroxylation is 2. The molecule has 0 aliphatic heterocycles. The molecule has 8 heteroatoms. The smallest absolute Gasteiger partial charge is 0.262 e. The fourth-order valence-electron chi connectivity index (χ4n) is 2.35. The van der Waals surface area contributed by atoms with Gasteiger partial charge < -0.3 is 4.42 Å². The van der Waals surface area contributed by atoms with E-state index in [1.165, 1.54) is 33.6 Å². The van der Waals surface area contributed by atoms with E-state index in [-0.39, 0.29) is 12.1 Å². The lowest BCUT2D eigenvalue weighted by Gasteiger charge is -2.01. The van der Waals surface area contributed by atoms with Gasteiger partial charge in [0, 0.05) is 4.88 Å². The Bertz CT molecular complexity index is 1040. The predicted molar refractivity (Wildman–Crippen MR) is 90.1 cm³/mol. The van der Waals surface area contributed by atoms with Crippen LogP contribution in [0, 0.1) is 13.8 Å². The zero-order valence-electron chi connectivity index (χ0n) is 12.4. The molecule has 0 aliphatic carbocycles. The highest BCUT2D eigenvalue weighted by molar-refractivity contribution is 7.18. The van der Waals surface area contributed by atoms with Gasteiger partial charge in [-0.2, -0.15) is 0 Å². The minimum atomic E-state index is -0.0762. The maximum absolute atomic E-state index is 12.6. The average molecular weight is 344 g/mol. The molecule has 0 aromatic carbocycles. The summed E-state index contributed by atoms with van der Waals surface area (Å²) in [4.78, 5) is 19.8. The molecule has 0 aliphatic rings. The Morgan fingerprint density at radius 2 is 2.17 bits per heavy atom. The monoisotopic (exact) mass is 344 g/mol. The highest BCUT2D eigenvalue weighted by atomic mass is 32.1.